The molecule has 1 aliphatic carbocycles. The van der Waals surface area contributed by atoms with Crippen LogP contribution in [0, 0.1) is 0 Å². The van der Waals surface area contributed by atoms with E-state index in [-0.39, 0.29) is 18.0 Å². The van der Waals surface area contributed by atoms with Crippen molar-refractivity contribution >= 4 is 11.9 Å². The van der Waals surface area contributed by atoms with E-state index in [4.69, 9.17) is 0 Å². The lowest BCUT2D eigenvalue weighted by Crippen LogP contribution is -2.57. The molecule has 27 heavy (non-hydrogen) atoms. The van der Waals surface area contributed by atoms with Crippen molar-refractivity contribution in [2.45, 2.75) is 50.6 Å². The van der Waals surface area contributed by atoms with E-state index < -0.39 is 0 Å². The molecular weight excluding hydrogens is 342 g/mol. The zero-order valence-electron chi connectivity index (χ0n) is 16.0. The highest BCUT2D eigenvalue weighted by Gasteiger charge is 2.30. The van der Waals surface area contributed by atoms with Crippen LogP contribution < -0.4 is 5.32 Å². The summed E-state index contributed by atoms with van der Waals surface area (Å²) in [6.07, 6.45) is 9.33. The number of nitrogens with zero attached hydrogens (tertiary/aromatic N) is 3. The second kappa shape index (κ2) is 8.33. The average molecular weight is 374 g/mol. The number of aromatic amines is 1. The zero-order chi connectivity index (χ0) is 18.6. The highest BCUT2D eigenvalue weighted by Crippen LogP contribution is 2.26. The third-order valence-electron chi connectivity index (χ3n) is 6.30. The maximum atomic E-state index is 12.7. The van der Waals surface area contributed by atoms with Gasteiger partial charge in [-0.25, -0.2) is 4.79 Å². The summed E-state index contributed by atoms with van der Waals surface area (Å²) >= 11 is 0. The van der Waals surface area contributed by atoms with Crippen LogP contribution >= 0.6 is 0 Å². The van der Waals surface area contributed by atoms with Gasteiger partial charge in [0.05, 0.1) is 0 Å². The standard InChI is InChI=1S/C20H31N5O2/c26-19(18-8-3-9-21-18)23-11-13-24(14-12-23)20(27)22-16-5-4-10-25(15-16)17-6-1-2-7-17/h3,8-9,16-17,21H,1-2,4-7,10-15H2,(H,22,27)/t16-/m1/s1. The summed E-state index contributed by atoms with van der Waals surface area (Å²) in [7, 11) is 0. The Balaban J connectivity index is 1.24. The molecule has 3 aliphatic rings. The minimum Gasteiger partial charge on any atom is -0.357 e. The molecule has 2 N–H and O–H groups in total. The van der Waals surface area contributed by atoms with Gasteiger partial charge in [0.1, 0.15) is 5.69 Å². The van der Waals surface area contributed by atoms with Crippen LogP contribution in [0.3, 0.4) is 0 Å². The van der Waals surface area contributed by atoms with Gasteiger partial charge in [0.2, 0.25) is 0 Å². The molecule has 3 fully saturated rings. The number of hydrogen-bond acceptors (Lipinski definition) is 3. The first kappa shape index (κ1) is 18.3. The summed E-state index contributed by atoms with van der Waals surface area (Å²) in [5.41, 5.74) is 0.613. The predicted octanol–water partition coefficient (Wildman–Crippen LogP) is 1.89. The zero-order valence-corrected chi connectivity index (χ0v) is 16.0. The van der Waals surface area contributed by atoms with Crippen LogP contribution in [-0.2, 0) is 0 Å². The van der Waals surface area contributed by atoms with Crippen molar-refractivity contribution in [3.8, 4) is 0 Å². The minimum absolute atomic E-state index is 0.0135. The number of likely N-dealkylation sites (tertiary alicyclic amines) is 1. The van der Waals surface area contributed by atoms with Crippen molar-refractivity contribution in [2.75, 3.05) is 39.3 Å². The highest BCUT2D eigenvalue weighted by atomic mass is 16.2. The smallest absolute Gasteiger partial charge is 0.317 e. The number of urea groups is 1. The first-order valence-electron chi connectivity index (χ1n) is 10.4. The predicted molar refractivity (Wildman–Crippen MR) is 104 cm³/mol. The normalized spacial score (nSPS) is 25.0. The van der Waals surface area contributed by atoms with Crippen LogP contribution in [0.1, 0.15) is 49.0 Å². The number of H-pyrrole nitrogens is 1. The average Bonchev–Trinajstić information content (AvgIpc) is 3.42. The van der Waals surface area contributed by atoms with Gasteiger partial charge in [-0.3, -0.25) is 9.69 Å². The second-order valence-corrected chi connectivity index (χ2v) is 8.08. The van der Waals surface area contributed by atoms with Gasteiger partial charge in [0.15, 0.2) is 0 Å². The number of carbonyl (C=O) groups excluding carboxylic acids is 2. The van der Waals surface area contributed by atoms with E-state index >= 15 is 0 Å². The molecule has 0 bridgehead atoms. The number of piperazine rings is 1. The molecular formula is C20H31N5O2. The maximum Gasteiger partial charge on any atom is 0.317 e. The summed E-state index contributed by atoms with van der Waals surface area (Å²) in [4.78, 5) is 34.3. The molecule has 3 heterocycles. The first-order chi connectivity index (χ1) is 13.2. The van der Waals surface area contributed by atoms with Gasteiger partial charge in [-0.2, -0.15) is 0 Å². The van der Waals surface area contributed by atoms with Crippen molar-refractivity contribution in [2.24, 2.45) is 0 Å². The van der Waals surface area contributed by atoms with Gasteiger partial charge < -0.3 is 20.1 Å². The quantitative estimate of drug-likeness (QED) is 0.850. The molecule has 2 aliphatic heterocycles. The Morgan fingerprint density at radius 1 is 0.963 bits per heavy atom. The third-order valence-corrected chi connectivity index (χ3v) is 6.30. The van der Waals surface area contributed by atoms with E-state index in [1.165, 1.54) is 38.6 Å². The monoisotopic (exact) mass is 373 g/mol. The molecule has 2 saturated heterocycles. The van der Waals surface area contributed by atoms with Crippen LogP contribution in [0.2, 0.25) is 0 Å². The van der Waals surface area contributed by atoms with Crippen LogP contribution in [0.15, 0.2) is 18.3 Å². The number of carbonyl (C=O) groups is 2. The van der Waals surface area contributed by atoms with E-state index in [0.717, 1.165) is 19.0 Å². The molecule has 7 nitrogen and oxygen atoms in total. The molecule has 0 aromatic carbocycles. The molecule has 0 unspecified atom stereocenters. The molecule has 148 valence electrons. The highest BCUT2D eigenvalue weighted by molar-refractivity contribution is 5.92. The molecule has 1 saturated carbocycles. The Labute approximate surface area is 161 Å². The maximum absolute atomic E-state index is 12.7. The minimum atomic E-state index is 0.0135. The van der Waals surface area contributed by atoms with E-state index in [1.807, 2.05) is 15.9 Å². The number of nitrogens with one attached hydrogen (secondary N) is 2. The van der Waals surface area contributed by atoms with Gasteiger partial charge in [-0.1, -0.05) is 12.8 Å². The number of piperidine rings is 1. The lowest BCUT2D eigenvalue weighted by atomic mass is 10.0. The summed E-state index contributed by atoms with van der Waals surface area (Å²) in [6.45, 7) is 4.53. The van der Waals surface area contributed by atoms with Crippen molar-refractivity contribution in [3.05, 3.63) is 24.0 Å². The van der Waals surface area contributed by atoms with Gasteiger partial charge in [-0.05, 0) is 44.4 Å². The Morgan fingerprint density at radius 2 is 1.70 bits per heavy atom. The van der Waals surface area contributed by atoms with E-state index in [0.29, 0.717) is 31.9 Å². The Morgan fingerprint density at radius 3 is 2.41 bits per heavy atom. The summed E-state index contributed by atoms with van der Waals surface area (Å²) < 4.78 is 0. The second-order valence-electron chi connectivity index (χ2n) is 8.08. The summed E-state index contributed by atoms with van der Waals surface area (Å²) in [5, 5.41) is 3.25. The van der Waals surface area contributed by atoms with Crippen LogP contribution in [0.25, 0.3) is 0 Å². The van der Waals surface area contributed by atoms with Crippen LogP contribution in [-0.4, -0.2) is 83.0 Å². The summed E-state index contributed by atoms with van der Waals surface area (Å²) in [5.74, 6) is 0.0135. The van der Waals surface area contributed by atoms with Crippen LogP contribution in [0.4, 0.5) is 4.79 Å². The lowest BCUT2D eigenvalue weighted by Gasteiger charge is -2.39. The largest absolute Gasteiger partial charge is 0.357 e. The van der Waals surface area contributed by atoms with Gasteiger partial charge in [0, 0.05) is 51.0 Å². The van der Waals surface area contributed by atoms with Gasteiger partial charge in [-0.15, -0.1) is 0 Å². The fourth-order valence-electron chi connectivity index (χ4n) is 4.74. The molecule has 4 rings (SSSR count). The molecule has 1 atom stereocenters. The number of hydrogen-bond donors (Lipinski definition) is 2. The summed E-state index contributed by atoms with van der Waals surface area (Å²) in [6, 6.07) is 4.63. The molecule has 7 heteroatoms. The molecule has 3 amide bonds. The molecule has 1 aromatic rings. The Kier molecular flexibility index (Phi) is 5.66. The number of amides is 3. The fraction of sp³-hybridized carbons (Fsp3) is 0.700. The molecule has 0 spiro atoms. The van der Waals surface area contributed by atoms with Gasteiger partial charge in [0.25, 0.3) is 5.91 Å². The Bertz CT molecular complexity index is 633. The third kappa shape index (κ3) is 4.29. The number of rotatable bonds is 3. The fourth-order valence-corrected chi connectivity index (χ4v) is 4.74. The first-order valence-corrected chi connectivity index (χ1v) is 10.4. The molecule has 0 radical (unpaired) electrons. The van der Waals surface area contributed by atoms with Crippen molar-refractivity contribution in [3.63, 3.8) is 0 Å². The van der Waals surface area contributed by atoms with E-state index in [2.05, 4.69) is 15.2 Å². The SMILES string of the molecule is O=C(N[C@@H]1CCCN(C2CCCC2)C1)N1CCN(C(=O)c2ccc[nH]2)CC1. The van der Waals surface area contributed by atoms with Crippen molar-refractivity contribution in [1.82, 2.24) is 25.0 Å². The van der Waals surface area contributed by atoms with Gasteiger partial charge >= 0.3 is 6.03 Å². The topological polar surface area (TPSA) is 71.7 Å². The van der Waals surface area contributed by atoms with E-state index in [1.54, 1.807) is 12.3 Å². The van der Waals surface area contributed by atoms with E-state index in [9.17, 15) is 9.59 Å². The molecule has 1 aromatic heterocycles. The Hall–Kier alpha value is -2.02. The van der Waals surface area contributed by atoms with Crippen molar-refractivity contribution in [1.29, 1.82) is 0 Å². The number of aromatic nitrogens is 1. The van der Waals surface area contributed by atoms with Crippen LogP contribution in [0.5, 0.6) is 0 Å². The lowest BCUT2D eigenvalue weighted by molar-refractivity contribution is 0.0653. The van der Waals surface area contributed by atoms with Crippen molar-refractivity contribution < 1.29 is 9.59 Å².